The van der Waals surface area contributed by atoms with Gasteiger partial charge >= 0.3 is 0 Å². The lowest BCUT2D eigenvalue weighted by Gasteiger charge is -2.12. The fourth-order valence-corrected chi connectivity index (χ4v) is 3.45. The molecule has 2 aromatic rings. The second-order valence-electron chi connectivity index (χ2n) is 5.30. The lowest BCUT2D eigenvalue weighted by Crippen LogP contribution is -2.27. The Morgan fingerprint density at radius 1 is 1.24 bits per heavy atom. The van der Waals surface area contributed by atoms with Gasteiger partial charge in [0.1, 0.15) is 0 Å². The first-order chi connectivity index (χ1) is 12.0. The minimum absolute atomic E-state index is 0.137. The van der Waals surface area contributed by atoms with Gasteiger partial charge in [0, 0.05) is 16.7 Å². The summed E-state index contributed by atoms with van der Waals surface area (Å²) in [7, 11) is 1.41. The summed E-state index contributed by atoms with van der Waals surface area (Å²) in [4.78, 5) is 26.1. The van der Waals surface area contributed by atoms with Crippen LogP contribution in [0.1, 0.15) is 11.1 Å². The molecule has 5 nitrogen and oxygen atoms in total. The predicted octanol–water partition coefficient (Wildman–Crippen LogP) is 4.29. The van der Waals surface area contributed by atoms with Crippen LogP contribution in [0.15, 0.2) is 47.4 Å². The van der Waals surface area contributed by atoms with Crippen LogP contribution in [0.25, 0.3) is 6.08 Å². The van der Waals surface area contributed by atoms with Gasteiger partial charge in [-0.3, -0.25) is 14.5 Å². The van der Waals surface area contributed by atoms with Crippen LogP contribution >= 0.6 is 23.4 Å². The van der Waals surface area contributed by atoms with E-state index in [4.69, 9.17) is 16.3 Å². The minimum Gasteiger partial charge on any atom is -0.504 e. The number of hydrogen-bond acceptors (Lipinski definition) is 5. The number of nitrogens with zero attached hydrogens (tertiary/aromatic N) is 1. The lowest BCUT2D eigenvalue weighted by atomic mass is 10.1. The van der Waals surface area contributed by atoms with E-state index in [-0.39, 0.29) is 28.2 Å². The van der Waals surface area contributed by atoms with E-state index in [0.29, 0.717) is 10.6 Å². The first-order valence-electron chi connectivity index (χ1n) is 7.35. The van der Waals surface area contributed by atoms with Crippen molar-refractivity contribution >= 4 is 40.6 Å². The number of halogens is 1. The Hall–Kier alpha value is -2.44. The van der Waals surface area contributed by atoms with E-state index in [1.807, 2.05) is 30.3 Å². The largest absolute Gasteiger partial charge is 0.504 e. The van der Waals surface area contributed by atoms with E-state index in [9.17, 15) is 14.7 Å². The molecule has 3 rings (SSSR count). The third-order valence-electron chi connectivity index (χ3n) is 3.63. The highest BCUT2D eigenvalue weighted by molar-refractivity contribution is 8.18. The maximum atomic E-state index is 12.5. The number of amides is 2. The SMILES string of the molecule is COc1cc(Cl)cc(/C=C2\SC(=O)N(Cc3ccccc3)C2=O)c1O. The highest BCUT2D eigenvalue weighted by Gasteiger charge is 2.35. The highest BCUT2D eigenvalue weighted by atomic mass is 35.5. The van der Waals surface area contributed by atoms with Crippen LogP contribution in [0.2, 0.25) is 5.02 Å². The van der Waals surface area contributed by atoms with Gasteiger partial charge < -0.3 is 9.84 Å². The summed E-state index contributed by atoms with van der Waals surface area (Å²) in [5.41, 5.74) is 1.17. The van der Waals surface area contributed by atoms with Gasteiger partial charge in [-0.05, 0) is 29.5 Å². The van der Waals surface area contributed by atoms with Gasteiger partial charge in [0.25, 0.3) is 11.1 Å². The fraction of sp³-hybridized carbons (Fsp3) is 0.111. The lowest BCUT2D eigenvalue weighted by molar-refractivity contribution is -0.123. The number of phenols is 1. The zero-order valence-electron chi connectivity index (χ0n) is 13.2. The van der Waals surface area contributed by atoms with Crippen LogP contribution in [0.3, 0.4) is 0 Å². The molecule has 0 aromatic heterocycles. The molecule has 0 spiro atoms. The number of imide groups is 1. The van der Waals surface area contributed by atoms with Crippen molar-refractivity contribution < 1.29 is 19.4 Å². The quantitative estimate of drug-likeness (QED) is 0.807. The van der Waals surface area contributed by atoms with E-state index < -0.39 is 5.91 Å². The molecule has 1 fully saturated rings. The van der Waals surface area contributed by atoms with Crippen LogP contribution < -0.4 is 4.74 Å². The minimum atomic E-state index is -0.405. The second kappa shape index (κ2) is 7.21. The summed E-state index contributed by atoms with van der Waals surface area (Å²) in [6, 6.07) is 12.2. The predicted molar refractivity (Wildman–Crippen MR) is 97.6 cm³/mol. The van der Waals surface area contributed by atoms with Crippen molar-refractivity contribution in [3.8, 4) is 11.5 Å². The molecule has 0 unspecified atom stereocenters. The first kappa shape index (κ1) is 17.4. The number of hydrogen-bond donors (Lipinski definition) is 1. The van der Waals surface area contributed by atoms with Crippen molar-refractivity contribution in [2.75, 3.05) is 7.11 Å². The molecule has 2 amide bonds. The molecule has 7 heteroatoms. The first-order valence-corrected chi connectivity index (χ1v) is 8.55. The molecule has 0 atom stereocenters. The van der Waals surface area contributed by atoms with Crippen LogP contribution in [0, 0.1) is 0 Å². The number of ether oxygens (including phenoxy) is 1. The maximum absolute atomic E-state index is 12.5. The smallest absolute Gasteiger partial charge is 0.293 e. The number of methoxy groups -OCH3 is 1. The molecule has 1 aliphatic heterocycles. The Labute approximate surface area is 153 Å². The number of aromatic hydroxyl groups is 1. The Balaban J connectivity index is 1.89. The monoisotopic (exact) mass is 375 g/mol. The summed E-state index contributed by atoms with van der Waals surface area (Å²) in [6.45, 7) is 0.202. The average molecular weight is 376 g/mol. The molecular weight excluding hydrogens is 362 g/mol. The van der Waals surface area contributed by atoms with Gasteiger partial charge in [0.05, 0.1) is 18.6 Å². The Kier molecular flexibility index (Phi) is 5.01. The number of thioether (sulfide) groups is 1. The number of phenolic OH excluding ortho intramolecular Hbond substituents is 1. The Morgan fingerprint density at radius 3 is 2.64 bits per heavy atom. The van der Waals surface area contributed by atoms with Gasteiger partial charge in [-0.15, -0.1) is 0 Å². The number of rotatable bonds is 4. The van der Waals surface area contributed by atoms with Crippen LogP contribution in [0.4, 0.5) is 4.79 Å². The average Bonchev–Trinajstić information content (AvgIpc) is 2.86. The standard InChI is InChI=1S/C18H14ClNO4S/c1-24-14-9-13(19)7-12(16(14)21)8-15-17(22)20(18(23)25-15)10-11-5-3-2-4-6-11/h2-9,21H,10H2,1H3/b15-8-. The Morgan fingerprint density at radius 2 is 1.96 bits per heavy atom. The van der Waals surface area contributed by atoms with Crippen LogP contribution in [-0.2, 0) is 11.3 Å². The number of benzene rings is 2. The van der Waals surface area contributed by atoms with Crippen molar-refractivity contribution in [1.29, 1.82) is 0 Å². The van der Waals surface area contributed by atoms with Crippen molar-refractivity contribution in [2.45, 2.75) is 6.54 Å². The van der Waals surface area contributed by atoms with Crippen molar-refractivity contribution in [2.24, 2.45) is 0 Å². The van der Waals surface area contributed by atoms with E-state index in [1.54, 1.807) is 0 Å². The zero-order chi connectivity index (χ0) is 18.0. The van der Waals surface area contributed by atoms with Gasteiger partial charge in [0.2, 0.25) is 0 Å². The molecule has 1 N–H and O–H groups in total. The van der Waals surface area contributed by atoms with Crippen LogP contribution in [0.5, 0.6) is 11.5 Å². The van der Waals surface area contributed by atoms with Crippen molar-refractivity contribution in [3.63, 3.8) is 0 Å². The Bertz CT molecular complexity index is 867. The molecule has 0 bridgehead atoms. The number of carbonyl (C=O) groups is 2. The second-order valence-corrected chi connectivity index (χ2v) is 6.73. The normalized spacial score (nSPS) is 15.9. The molecule has 1 aliphatic rings. The molecule has 1 saturated heterocycles. The van der Waals surface area contributed by atoms with E-state index >= 15 is 0 Å². The van der Waals surface area contributed by atoms with Gasteiger partial charge in [-0.2, -0.15) is 0 Å². The molecule has 128 valence electrons. The summed E-state index contributed by atoms with van der Waals surface area (Å²) in [6.07, 6.45) is 1.44. The van der Waals surface area contributed by atoms with Gasteiger partial charge in [0.15, 0.2) is 11.5 Å². The summed E-state index contributed by atoms with van der Waals surface area (Å²) < 4.78 is 5.05. The molecular formula is C18H14ClNO4S. The molecule has 2 aromatic carbocycles. The highest BCUT2D eigenvalue weighted by Crippen LogP contribution is 2.38. The topological polar surface area (TPSA) is 66.8 Å². The molecule has 0 saturated carbocycles. The molecule has 1 heterocycles. The third-order valence-corrected chi connectivity index (χ3v) is 4.76. The summed E-state index contributed by atoms with van der Waals surface area (Å²) in [5, 5.41) is 10.2. The van der Waals surface area contributed by atoms with Gasteiger partial charge in [-0.1, -0.05) is 41.9 Å². The summed E-state index contributed by atoms with van der Waals surface area (Å²) in [5.74, 6) is -0.346. The number of carbonyl (C=O) groups excluding carboxylic acids is 2. The van der Waals surface area contributed by atoms with Gasteiger partial charge in [-0.25, -0.2) is 0 Å². The van der Waals surface area contributed by atoms with E-state index in [1.165, 1.54) is 30.2 Å². The maximum Gasteiger partial charge on any atom is 0.293 e. The molecule has 0 aliphatic carbocycles. The summed E-state index contributed by atoms with van der Waals surface area (Å²) >= 11 is 6.83. The van der Waals surface area contributed by atoms with Crippen molar-refractivity contribution in [1.82, 2.24) is 4.90 Å². The van der Waals surface area contributed by atoms with E-state index in [2.05, 4.69) is 0 Å². The fourth-order valence-electron chi connectivity index (χ4n) is 2.40. The molecule has 0 radical (unpaired) electrons. The van der Waals surface area contributed by atoms with E-state index in [0.717, 1.165) is 17.3 Å². The zero-order valence-corrected chi connectivity index (χ0v) is 14.8. The molecule has 25 heavy (non-hydrogen) atoms. The third kappa shape index (κ3) is 3.65. The van der Waals surface area contributed by atoms with Crippen molar-refractivity contribution in [3.05, 3.63) is 63.5 Å². The van der Waals surface area contributed by atoms with Crippen LogP contribution in [-0.4, -0.2) is 28.3 Å².